The van der Waals surface area contributed by atoms with E-state index in [1.165, 1.54) is 0 Å². The summed E-state index contributed by atoms with van der Waals surface area (Å²) >= 11 is 3.24. The summed E-state index contributed by atoms with van der Waals surface area (Å²) in [5.41, 5.74) is 1.81. The van der Waals surface area contributed by atoms with Gasteiger partial charge in [-0.3, -0.25) is 0 Å². The molecule has 0 unspecified atom stereocenters. The zero-order chi connectivity index (χ0) is 18.4. The number of fused-ring (bicyclic) bond motifs is 1. The zero-order valence-corrected chi connectivity index (χ0v) is 16.8. The Bertz CT molecular complexity index is 937. The summed E-state index contributed by atoms with van der Waals surface area (Å²) < 4.78 is 34.4. The fourth-order valence-electron chi connectivity index (χ4n) is 2.43. The van der Waals surface area contributed by atoms with Gasteiger partial charge in [0.25, 0.3) is 0 Å². The summed E-state index contributed by atoms with van der Waals surface area (Å²) in [6.45, 7) is 0.233. The zero-order valence-electron chi connectivity index (χ0n) is 14.3. The van der Waals surface area contributed by atoms with Crippen LogP contribution in [0.1, 0.15) is 12.0 Å². The van der Waals surface area contributed by atoms with Crippen LogP contribution in [0.4, 0.5) is 0 Å². The minimum Gasteiger partial charge on any atom is -0.496 e. The molecule has 0 amide bonds. The second-order valence-corrected chi connectivity index (χ2v) is 9.90. The second-order valence-electron chi connectivity index (χ2n) is 5.60. The first-order valence-electron chi connectivity index (χ1n) is 8.15. The molecule has 26 heavy (non-hydrogen) atoms. The van der Waals surface area contributed by atoms with Crippen LogP contribution in [0, 0.1) is 0 Å². The van der Waals surface area contributed by atoms with Crippen LogP contribution in [0.5, 0.6) is 5.75 Å². The van der Waals surface area contributed by atoms with Gasteiger partial charge >= 0.3 is 0 Å². The topological polar surface area (TPSA) is 68.3 Å². The molecule has 0 aliphatic carbocycles. The predicted octanol–water partition coefficient (Wildman–Crippen LogP) is 3.91. The van der Waals surface area contributed by atoms with E-state index >= 15 is 0 Å². The standard InChI is InChI=1S/C18H20N2O3S3/c1-23-16-9-4-2-7-14(16)13-19-26(21,22)12-6-11-24-18-20-15-8-3-5-10-17(15)25-18/h2-5,7-10,19H,6,11-13H2,1H3. The Labute approximate surface area is 161 Å². The number of thiazole rings is 1. The van der Waals surface area contributed by atoms with Gasteiger partial charge in [-0.1, -0.05) is 42.1 Å². The van der Waals surface area contributed by atoms with Crippen LogP contribution in [-0.4, -0.2) is 32.0 Å². The average molecular weight is 409 g/mol. The van der Waals surface area contributed by atoms with E-state index in [1.54, 1.807) is 30.2 Å². The van der Waals surface area contributed by atoms with Crippen LogP contribution >= 0.6 is 23.1 Å². The Morgan fingerprint density at radius 1 is 1.15 bits per heavy atom. The van der Waals surface area contributed by atoms with E-state index in [-0.39, 0.29) is 12.3 Å². The van der Waals surface area contributed by atoms with Gasteiger partial charge in [-0.25, -0.2) is 18.1 Å². The number of nitrogens with one attached hydrogen (secondary N) is 1. The number of aromatic nitrogens is 1. The molecule has 0 spiro atoms. The third-order valence-electron chi connectivity index (χ3n) is 3.73. The Morgan fingerprint density at radius 3 is 2.73 bits per heavy atom. The lowest BCUT2D eigenvalue weighted by atomic mass is 10.2. The van der Waals surface area contributed by atoms with Gasteiger partial charge in [0.2, 0.25) is 10.0 Å². The van der Waals surface area contributed by atoms with Crippen molar-refractivity contribution in [3.05, 3.63) is 54.1 Å². The van der Waals surface area contributed by atoms with Crippen molar-refractivity contribution in [3.8, 4) is 5.75 Å². The highest BCUT2D eigenvalue weighted by molar-refractivity contribution is 8.01. The minimum atomic E-state index is -3.32. The van der Waals surface area contributed by atoms with Gasteiger partial charge in [0.05, 0.1) is 23.1 Å². The molecular formula is C18H20N2O3S3. The Balaban J connectivity index is 1.46. The molecule has 0 atom stereocenters. The summed E-state index contributed by atoms with van der Waals surface area (Å²) in [5.74, 6) is 1.50. The van der Waals surface area contributed by atoms with Crippen molar-refractivity contribution in [3.63, 3.8) is 0 Å². The highest BCUT2D eigenvalue weighted by atomic mass is 32.2. The van der Waals surface area contributed by atoms with E-state index in [2.05, 4.69) is 9.71 Å². The molecule has 0 aliphatic heterocycles. The number of thioether (sulfide) groups is 1. The molecule has 8 heteroatoms. The summed E-state index contributed by atoms with van der Waals surface area (Å²) in [4.78, 5) is 4.54. The molecule has 138 valence electrons. The van der Waals surface area contributed by atoms with Gasteiger partial charge in [0.1, 0.15) is 5.75 Å². The molecule has 0 saturated carbocycles. The molecule has 1 N–H and O–H groups in total. The second kappa shape index (κ2) is 8.85. The van der Waals surface area contributed by atoms with Crippen molar-refractivity contribution in [1.82, 2.24) is 9.71 Å². The number of hydrogen-bond acceptors (Lipinski definition) is 6. The van der Waals surface area contributed by atoms with Gasteiger partial charge in [0, 0.05) is 17.9 Å². The number of sulfonamides is 1. The number of ether oxygens (including phenoxy) is 1. The first-order valence-corrected chi connectivity index (χ1v) is 11.6. The molecule has 0 radical (unpaired) electrons. The van der Waals surface area contributed by atoms with E-state index in [9.17, 15) is 8.42 Å². The van der Waals surface area contributed by atoms with Crippen molar-refractivity contribution >= 4 is 43.3 Å². The van der Waals surface area contributed by atoms with E-state index in [0.29, 0.717) is 12.2 Å². The van der Waals surface area contributed by atoms with E-state index in [4.69, 9.17) is 4.74 Å². The molecule has 3 aromatic rings. The molecule has 3 rings (SSSR count). The molecule has 0 saturated heterocycles. The van der Waals surface area contributed by atoms with Crippen LogP contribution in [0.3, 0.4) is 0 Å². The lowest BCUT2D eigenvalue weighted by molar-refractivity contribution is 0.409. The molecular weight excluding hydrogens is 388 g/mol. The van der Waals surface area contributed by atoms with Crippen molar-refractivity contribution in [2.24, 2.45) is 0 Å². The van der Waals surface area contributed by atoms with Crippen LogP contribution in [0.25, 0.3) is 10.2 Å². The van der Waals surface area contributed by atoms with E-state index in [1.807, 2.05) is 48.5 Å². The molecule has 1 heterocycles. The molecule has 0 bridgehead atoms. The number of para-hydroxylation sites is 2. The molecule has 2 aromatic carbocycles. The fraction of sp³-hybridized carbons (Fsp3) is 0.278. The summed E-state index contributed by atoms with van der Waals surface area (Å²) in [7, 11) is -1.74. The van der Waals surface area contributed by atoms with Gasteiger partial charge in [-0.05, 0) is 24.6 Å². The smallest absolute Gasteiger partial charge is 0.211 e. The quantitative estimate of drug-likeness (QED) is 0.429. The average Bonchev–Trinajstić information content (AvgIpc) is 3.07. The maximum atomic E-state index is 12.2. The Kier molecular flexibility index (Phi) is 6.53. The molecule has 0 fully saturated rings. The number of nitrogens with zero attached hydrogens (tertiary/aromatic N) is 1. The van der Waals surface area contributed by atoms with Crippen molar-refractivity contribution < 1.29 is 13.2 Å². The van der Waals surface area contributed by atoms with Crippen molar-refractivity contribution in [1.29, 1.82) is 0 Å². The Morgan fingerprint density at radius 2 is 1.92 bits per heavy atom. The van der Waals surface area contributed by atoms with E-state index < -0.39 is 10.0 Å². The Hall–Kier alpha value is -1.61. The number of benzene rings is 2. The summed E-state index contributed by atoms with van der Waals surface area (Å²) in [6.07, 6.45) is 0.571. The van der Waals surface area contributed by atoms with Gasteiger partial charge < -0.3 is 4.74 Å². The lowest BCUT2D eigenvalue weighted by Gasteiger charge is -2.10. The van der Waals surface area contributed by atoms with Crippen LogP contribution in [0.15, 0.2) is 52.9 Å². The predicted molar refractivity (Wildman–Crippen MR) is 109 cm³/mol. The van der Waals surface area contributed by atoms with Gasteiger partial charge in [-0.2, -0.15) is 0 Å². The minimum absolute atomic E-state index is 0.0973. The van der Waals surface area contributed by atoms with Crippen LogP contribution < -0.4 is 9.46 Å². The third-order valence-corrected chi connectivity index (χ3v) is 7.41. The normalized spacial score (nSPS) is 11.7. The molecule has 0 aliphatic rings. The maximum Gasteiger partial charge on any atom is 0.211 e. The first-order chi connectivity index (χ1) is 12.6. The van der Waals surface area contributed by atoms with Crippen LogP contribution in [-0.2, 0) is 16.6 Å². The fourth-order valence-corrected chi connectivity index (χ4v) is 5.74. The van der Waals surface area contributed by atoms with Gasteiger partial charge in [-0.15, -0.1) is 11.3 Å². The summed E-state index contributed by atoms with van der Waals surface area (Å²) in [6, 6.07) is 15.4. The highest BCUT2D eigenvalue weighted by Crippen LogP contribution is 2.29. The molecule has 5 nitrogen and oxygen atoms in total. The SMILES string of the molecule is COc1ccccc1CNS(=O)(=O)CCCSc1nc2ccccc2s1. The molecule has 1 aromatic heterocycles. The largest absolute Gasteiger partial charge is 0.496 e. The lowest BCUT2D eigenvalue weighted by Crippen LogP contribution is -2.26. The first kappa shape index (κ1) is 19.2. The van der Waals surface area contributed by atoms with Crippen molar-refractivity contribution in [2.45, 2.75) is 17.3 Å². The number of methoxy groups -OCH3 is 1. The highest BCUT2D eigenvalue weighted by Gasteiger charge is 2.12. The maximum absolute atomic E-state index is 12.2. The van der Waals surface area contributed by atoms with Crippen molar-refractivity contribution in [2.75, 3.05) is 18.6 Å². The van der Waals surface area contributed by atoms with E-state index in [0.717, 1.165) is 25.9 Å². The number of hydrogen-bond donors (Lipinski definition) is 1. The summed E-state index contributed by atoms with van der Waals surface area (Å²) in [5, 5.41) is 0. The van der Waals surface area contributed by atoms with Crippen LogP contribution in [0.2, 0.25) is 0 Å². The monoisotopic (exact) mass is 408 g/mol. The third kappa shape index (κ3) is 5.20. The number of rotatable bonds is 9. The van der Waals surface area contributed by atoms with Gasteiger partial charge in [0.15, 0.2) is 4.34 Å².